The van der Waals surface area contributed by atoms with E-state index in [0.29, 0.717) is 0 Å². The van der Waals surface area contributed by atoms with Gasteiger partial charge in [0, 0.05) is 0 Å². The summed E-state index contributed by atoms with van der Waals surface area (Å²) in [5, 5.41) is 0. The summed E-state index contributed by atoms with van der Waals surface area (Å²) in [6, 6.07) is 0. The molecule has 0 fully saturated rings. The summed E-state index contributed by atoms with van der Waals surface area (Å²) in [4.78, 5) is 0. The Labute approximate surface area is 76.6 Å². The average molecular weight is 136 g/mol. The Morgan fingerprint density at radius 2 is 0.500 bits per heavy atom. The van der Waals surface area contributed by atoms with Crippen molar-refractivity contribution in [1.29, 1.82) is 0 Å². The third-order valence-electron chi connectivity index (χ3n) is 0. The van der Waals surface area contributed by atoms with Gasteiger partial charge in [0.25, 0.3) is 0 Å². The van der Waals surface area contributed by atoms with E-state index < -0.39 is 0 Å². The van der Waals surface area contributed by atoms with Crippen molar-refractivity contribution in [2.75, 3.05) is 0 Å². The van der Waals surface area contributed by atoms with Gasteiger partial charge in [-0.2, -0.15) is 0 Å². The maximum atomic E-state index is 0. The van der Waals surface area contributed by atoms with Crippen LogP contribution in [0.4, 0.5) is 0 Å². The number of hydrogen-bond acceptors (Lipinski definition) is 4. The molecule has 0 aliphatic rings. The normalized spacial score (nSPS) is 0. The minimum atomic E-state index is 0. The van der Waals surface area contributed by atoms with Gasteiger partial charge >= 0.3 is 55.4 Å². The molecule has 6 heteroatoms. The van der Waals surface area contributed by atoms with Gasteiger partial charge in [-0.3, -0.25) is 0 Å². The third kappa shape index (κ3) is 43.3. The predicted octanol–water partition coefficient (Wildman–Crippen LogP) is -3.71. The van der Waals surface area contributed by atoms with Crippen molar-refractivity contribution in [1.82, 2.24) is 0 Å². The molecular weight excluding hydrogens is 132 g/mol. The summed E-state index contributed by atoms with van der Waals surface area (Å²) < 4.78 is 0. The maximum absolute atomic E-state index is 0. The molecule has 0 radical (unpaired) electrons. The second-order valence-electron chi connectivity index (χ2n) is 0. The summed E-state index contributed by atoms with van der Waals surface area (Å²) in [6.07, 6.45) is 0. The second-order valence-corrected chi connectivity index (χ2v) is 0. The van der Waals surface area contributed by atoms with E-state index in [0.717, 1.165) is 0 Å². The van der Waals surface area contributed by atoms with Crippen LogP contribution in [0.2, 0.25) is 0 Å². The van der Waals surface area contributed by atoms with Gasteiger partial charge in [-0.15, -0.1) is 0 Å². The predicted molar refractivity (Wildman–Crippen MR) is 7.74 cm³/mol. The molecule has 0 aromatic carbocycles. The van der Waals surface area contributed by atoms with Crippen LogP contribution in [0.5, 0.6) is 0 Å². The van der Waals surface area contributed by atoms with Crippen LogP contribution < -0.4 is 29.6 Å². The van der Waals surface area contributed by atoms with E-state index in [2.05, 4.69) is 0 Å². The zero-order valence-corrected chi connectivity index (χ0v) is 7.17. The molecule has 0 rings (SSSR count). The van der Waals surface area contributed by atoms with Crippen molar-refractivity contribution >= 4 is 0 Å². The summed E-state index contributed by atoms with van der Waals surface area (Å²) >= 11 is 0. The van der Waals surface area contributed by atoms with Crippen LogP contribution >= 0.6 is 0 Å². The van der Waals surface area contributed by atoms with Crippen molar-refractivity contribution in [2.24, 2.45) is 0 Å². The summed E-state index contributed by atoms with van der Waals surface area (Å²) in [6.45, 7) is 0. The van der Waals surface area contributed by atoms with Crippen LogP contribution in [0.1, 0.15) is 0 Å². The SMILES string of the molecule is [Na+].[OH-].[OH-].[OH-].[OH-].[Sc+3]. The second kappa shape index (κ2) is 74.8. The first-order valence-electron chi connectivity index (χ1n) is 0. The molecule has 0 bridgehead atoms. The minimum Gasteiger partial charge on any atom is -0.870 e. The molecular formula is H4NaO4Sc. The van der Waals surface area contributed by atoms with Crippen molar-refractivity contribution in [3.8, 4) is 0 Å². The largest absolute Gasteiger partial charge is 3.00 e. The van der Waals surface area contributed by atoms with Gasteiger partial charge in [0.2, 0.25) is 0 Å². The first-order chi connectivity index (χ1) is 0. The van der Waals surface area contributed by atoms with Crippen LogP contribution in [0, 0.1) is 0 Å². The molecule has 0 atom stereocenters. The van der Waals surface area contributed by atoms with E-state index in [9.17, 15) is 0 Å². The summed E-state index contributed by atoms with van der Waals surface area (Å²) in [7, 11) is 0. The molecule has 0 amide bonds. The fourth-order valence-electron chi connectivity index (χ4n) is 0. The Kier molecular flexibility index (Phi) is 1480. The van der Waals surface area contributed by atoms with Gasteiger partial charge in [-0.05, 0) is 0 Å². The van der Waals surface area contributed by atoms with Gasteiger partial charge in [0.1, 0.15) is 0 Å². The summed E-state index contributed by atoms with van der Waals surface area (Å²) in [5.74, 6) is 0. The van der Waals surface area contributed by atoms with Crippen LogP contribution in [-0.2, 0) is 25.8 Å². The molecule has 0 heterocycles. The van der Waals surface area contributed by atoms with Crippen LogP contribution in [0.25, 0.3) is 0 Å². The molecule has 0 aromatic rings. The average Bonchev–Trinajstić information content (AvgIpc) is 0. The molecule has 0 saturated carbocycles. The van der Waals surface area contributed by atoms with Crippen molar-refractivity contribution in [3.63, 3.8) is 0 Å². The van der Waals surface area contributed by atoms with Crippen LogP contribution in [0.15, 0.2) is 0 Å². The molecule has 0 spiro atoms. The maximum Gasteiger partial charge on any atom is 3.00 e. The van der Waals surface area contributed by atoms with E-state index >= 15 is 0 Å². The van der Waals surface area contributed by atoms with Crippen LogP contribution in [-0.4, -0.2) is 21.9 Å². The molecule has 6 heavy (non-hydrogen) atoms. The summed E-state index contributed by atoms with van der Waals surface area (Å²) in [5.41, 5.74) is 0. The number of rotatable bonds is 0. The van der Waals surface area contributed by atoms with E-state index in [-0.39, 0.29) is 77.3 Å². The van der Waals surface area contributed by atoms with Crippen molar-refractivity contribution in [3.05, 3.63) is 0 Å². The van der Waals surface area contributed by atoms with E-state index in [1.165, 1.54) is 0 Å². The Hall–Kier alpha value is 1.71. The zero-order chi connectivity index (χ0) is 0. The number of hydrogen-bond donors (Lipinski definition) is 0. The van der Waals surface area contributed by atoms with Gasteiger partial charge in [0.05, 0.1) is 0 Å². The Balaban J connectivity index is 0. The molecule has 4 N–H and O–H groups in total. The van der Waals surface area contributed by atoms with E-state index in [4.69, 9.17) is 0 Å². The Morgan fingerprint density at radius 3 is 0.500 bits per heavy atom. The van der Waals surface area contributed by atoms with Gasteiger partial charge < -0.3 is 21.9 Å². The van der Waals surface area contributed by atoms with Crippen LogP contribution in [0.3, 0.4) is 0 Å². The minimum absolute atomic E-state index is 0. The van der Waals surface area contributed by atoms with Crippen molar-refractivity contribution in [2.45, 2.75) is 0 Å². The fraction of sp³-hybridized carbons (Fsp3) is 0. The molecule has 0 aromatic heterocycles. The Morgan fingerprint density at radius 1 is 0.500 bits per heavy atom. The molecule has 4 nitrogen and oxygen atoms in total. The standard InChI is InChI=1S/Na.4H2O.Sc/h;4*1H2;/q+1;;;;;+3/p-4. The first kappa shape index (κ1) is 119. The van der Waals surface area contributed by atoms with E-state index in [1.807, 2.05) is 0 Å². The molecule has 0 aliphatic heterocycles. The Bertz CT molecular complexity index is 7.51. The van der Waals surface area contributed by atoms with E-state index in [1.54, 1.807) is 0 Å². The van der Waals surface area contributed by atoms with Gasteiger partial charge in [-0.1, -0.05) is 0 Å². The third-order valence-corrected chi connectivity index (χ3v) is 0. The fourth-order valence-corrected chi connectivity index (χ4v) is 0. The topological polar surface area (TPSA) is 120 Å². The molecule has 0 unspecified atom stereocenters. The van der Waals surface area contributed by atoms with Gasteiger partial charge in [0.15, 0.2) is 0 Å². The monoisotopic (exact) mass is 136 g/mol. The van der Waals surface area contributed by atoms with Gasteiger partial charge in [-0.25, -0.2) is 0 Å². The molecule has 0 aliphatic carbocycles. The first-order valence-corrected chi connectivity index (χ1v) is 0. The quantitative estimate of drug-likeness (QED) is 0.318. The van der Waals surface area contributed by atoms with Crippen molar-refractivity contribution < 1.29 is 77.3 Å². The smallest absolute Gasteiger partial charge is 0.870 e. The molecule has 0 saturated heterocycles. The molecule has 32 valence electrons. The zero-order valence-electron chi connectivity index (χ0n) is 3.37.